The quantitative estimate of drug-likeness (QED) is 0.589. The van der Waals surface area contributed by atoms with Gasteiger partial charge >= 0.3 is 0 Å². The molecule has 1 heterocycles. The summed E-state index contributed by atoms with van der Waals surface area (Å²) in [5.41, 5.74) is 0. The van der Waals surface area contributed by atoms with Gasteiger partial charge in [0.1, 0.15) is 6.17 Å². The van der Waals surface area contributed by atoms with E-state index in [1.165, 1.54) is 45.1 Å². The molecule has 1 aliphatic heterocycles. The molecule has 0 saturated heterocycles. The van der Waals surface area contributed by atoms with Gasteiger partial charge in [-0.15, -0.1) is 0 Å². The number of hydrogen-bond donors (Lipinski definition) is 0. The molecule has 2 heteroatoms. The minimum atomic E-state index is 0.575. The molecule has 0 aromatic rings. The summed E-state index contributed by atoms with van der Waals surface area (Å²) in [5, 5.41) is 0. The minimum absolute atomic E-state index is 0.575. The fourth-order valence-corrected chi connectivity index (χ4v) is 2.74. The van der Waals surface area contributed by atoms with E-state index >= 15 is 0 Å². The Morgan fingerprint density at radius 1 is 1.00 bits per heavy atom. The van der Waals surface area contributed by atoms with Gasteiger partial charge in [0.05, 0.1) is 0 Å². The second-order valence-corrected chi connectivity index (χ2v) is 5.63. The molecule has 0 aliphatic carbocycles. The third-order valence-electron chi connectivity index (χ3n) is 3.62. The van der Waals surface area contributed by atoms with Gasteiger partial charge in [0, 0.05) is 26.0 Å². The molecule has 0 fully saturated rings. The van der Waals surface area contributed by atoms with E-state index in [1.54, 1.807) is 0 Å². The van der Waals surface area contributed by atoms with Gasteiger partial charge < -0.3 is 9.80 Å². The molecule has 0 spiro atoms. The summed E-state index contributed by atoms with van der Waals surface area (Å²) in [6.07, 6.45) is 13.3. The summed E-state index contributed by atoms with van der Waals surface area (Å²) < 4.78 is 0. The average Bonchev–Trinajstić information content (AvgIpc) is 2.65. The molecule has 0 aromatic carbocycles. The second-order valence-electron chi connectivity index (χ2n) is 5.63. The second kappa shape index (κ2) is 7.62. The van der Waals surface area contributed by atoms with Gasteiger partial charge in [0.15, 0.2) is 0 Å². The number of nitrogens with zero attached hydrogens (tertiary/aromatic N) is 2. The summed E-state index contributed by atoms with van der Waals surface area (Å²) >= 11 is 0. The SMILES string of the molecule is CCCCCCCCN1C=CN(C)C1C(C)C. The van der Waals surface area contributed by atoms with Crippen LogP contribution >= 0.6 is 0 Å². The summed E-state index contributed by atoms with van der Waals surface area (Å²) in [6, 6.07) is 0. The van der Waals surface area contributed by atoms with Crippen LogP contribution in [0.2, 0.25) is 0 Å². The van der Waals surface area contributed by atoms with Crippen LogP contribution in [0, 0.1) is 5.92 Å². The van der Waals surface area contributed by atoms with Gasteiger partial charge in [-0.05, 0) is 12.3 Å². The van der Waals surface area contributed by atoms with Crippen LogP contribution in [-0.4, -0.2) is 29.6 Å². The van der Waals surface area contributed by atoms with E-state index in [9.17, 15) is 0 Å². The van der Waals surface area contributed by atoms with Crippen molar-refractivity contribution in [3.63, 3.8) is 0 Å². The Hall–Kier alpha value is -0.660. The highest BCUT2D eigenvalue weighted by atomic mass is 15.4. The molecule has 0 saturated carbocycles. The maximum atomic E-state index is 2.50. The van der Waals surface area contributed by atoms with E-state index in [4.69, 9.17) is 0 Å². The first-order chi connectivity index (χ1) is 8.16. The Labute approximate surface area is 108 Å². The van der Waals surface area contributed by atoms with Crippen molar-refractivity contribution < 1.29 is 0 Å². The zero-order valence-electron chi connectivity index (χ0n) is 12.2. The lowest BCUT2D eigenvalue weighted by atomic mass is 10.1. The van der Waals surface area contributed by atoms with Gasteiger partial charge in [-0.3, -0.25) is 0 Å². The molecule has 100 valence electrons. The molecular formula is C15H30N2. The molecule has 2 nitrogen and oxygen atoms in total. The largest absolute Gasteiger partial charge is 0.359 e. The third kappa shape index (κ3) is 4.61. The van der Waals surface area contributed by atoms with Gasteiger partial charge in [0.2, 0.25) is 0 Å². The van der Waals surface area contributed by atoms with Crippen molar-refractivity contribution in [3.05, 3.63) is 12.4 Å². The topological polar surface area (TPSA) is 6.48 Å². The van der Waals surface area contributed by atoms with Crippen molar-refractivity contribution in [1.29, 1.82) is 0 Å². The monoisotopic (exact) mass is 238 g/mol. The minimum Gasteiger partial charge on any atom is -0.359 e. The smallest absolute Gasteiger partial charge is 0.103 e. The maximum absolute atomic E-state index is 2.50. The number of rotatable bonds is 8. The Kier molecular flexibility index (Phi) is 6.46. The van der Waals surface area contributed by atoms with E-state index in [-0.39, 0.29) is 0 Å². The van der Waals surface area contributed by atoms with Gasteiger partial charge in [-0.25, -0.2) is 0 Å². The van der Waals surface area contributed by atoms with E-state index < -0.39 is 0 Å². The lowest BCUT2D eigenvalue weighted by molar-refractivity contribution is 0.125. The summed E-state index contributed by atoms with van der Waals surface area (Å²) in [4.78, 5) is 4.84. The fourth-order valence-electron chi connectivity index (χ4n) is 2.74. The molecule has 0 N–H and O–H groups in total. The van der Waals surface area contributed by atoms with Crippen LogP contribution in [-0.2, 0) is 0 Å². The van der Waals surface area contributed by atoms with Gasteiger partial charge in [-0.1, -0.05) is 52.9 Å². The molecule has 0 amide bonds. The fraction of sp³-hybridized carbons (Fsp3) is 0.867. The van der Waals surface area contributed by atoms with Crippen molar-refractivity contribution in [2.75, 3.05) is 13.6 Å². The van der Waals surface area contributed by atoms with Crippen LogP contribution in [0.25, 0.3) is 0 Å². The van der Waals surface area contributed by atoms with Crippen LogP contribution in [0.4, 0.5) is 0 Å². The lowest BCUT2D eigenvalue weighted by Crippen LogP contribution is -2.41. The Morgan fingerprint density at radius 2 is 1.65 bits per heavy atom. The molecule has 0 aromatic heterocycles. The van der Waals surface area contributed by atoms with Crippen molar-refractivity contribution in [2.45, 2.75) is 65.5 Å². The van der Waals surface area contributed by atoms with E-state index in [0.29, 0.717) is 12.1 Å². The number of unbranched alkanes of at least 4 members (excludes halogenated alkanes) is 5. The molecular weight excluding hydrogens is 208 g/mol. The van der Waals surface area contributed by atoms with Crippen molar-refractivity contribution >= 4 is 0 Å². The maximum Gasteiger partial charge on any atom is 0.103 e. The van der Waals surface area contributed by atoms with Gasteiger partial charge in [0.25, 0.3) is 0 Å². The van der Waals surface area contributed by atoms with Crippen LogP contribution in [0.1, 0.15) is 59.3 Å². The Balaban J connectivity index is 2.16. The Morgan fingerprint density at radius 3 is 2.29 bits per heavy atom. The lowest BCUT2D eigenvalue weighted by Gasteiger charge is -2.33. The van der Waals surface area contributed by atoms with Crippen LogP contribution < -0.4 is 0 Å². The first-order valence-corrected chi connectivity index (χ1v) is 7.32. The molecule has 1 atom stereocenters. The predicted molar refractivity (Wildman–Crippen MR) is 75.6 cm³/mol. The third-order valence-corrected chi connectivity index (χ3v) is 3.62. The van der Waals surface area contributed by atoms with E-state index in [0.717, 1.165) is 0 Å². The summed E-state index contributed by atoms with van der Waals surface area (Å²) in [7, 11) is 2.18. The zero-order chi connectivity index (χ0) is 12.7. The molecule has 17 heavy (non-hydrogen) atoms. The first kappa shape index (κ1) is 14.4. The molecule has 1 rings (SSSR count). The van der Waals surface area contributed by atoms with Crippen LogP contribution in [0.5, 0.6) is 0 Å². The highest BCUT2D eigenvalue weighted by molar-refractivity contribution is 4.96. The normalized spacial score (nSPS) is 19.7. The van der Waals surface area contributed by atoms with Crippen molar-refractivity contribution in [1.82, 2.24) is 9.80 Å². The van der Waals surface area contributed by atoms with Crippen LogP contribution in [0.15, 0.2) is 12.4 Å². The first-order valence-electron chi connectivity index (χ1n) is 7.32. The highest BCUT2D eigenvalue weighted by Crippen LogP contribution is 2.21. The molecule has 1 aliphatic rings. The standard InChI is InChI=1S/C15H30N2/c1-5-6-7-8-9-10-11-17-13-12-16(4)15(17)14(2)3/h12-15H,5-11H2,1-4H3. The van der Waals surface area contributed by atoms with E-state index in [2.05, 4.69) is 50.0 Å². The average molecular weight is 238 g/mol. The zero-order valence-corrected chi connectivity index (χ0v) is 12.2. The van der Waals surface area contributed by atoms with Gasteiger partial charge in [-0.2, -0.15) is 0 Å². The Bertz CT molecular complexity index is 223. The highest BCUT2D eigenvalue weighted by Gasteiger charge is 2.25. The number of hydrogen-bond acceptors (Lipinski definition) is 2. The van der Waals surface area contributed by atoms with Crippen LogP contribution in [0.3, 0.4) is 0 Å². The molecule has 0 bridgehead atoms. The van der Waals surface area contributed by atoms with Crippen molar-refractivity contribution in [3.8, 4) is 0 Å². The van der Waals surface area contributed by atoms with Crippen molar-refractivity contribution in [2.24, 2.45) is 5.92 Å². The molecule has 0 radical (unpaired) electrons. The molecule has 1 unspecified atom stereocenters. The predicted octanol–water partition coefficient (Wildman–Crippen LogP) is 4.05. The summed E-state index contributed by atoms with van der Waals surface area (Å²) in [5.74, 6) is 0.690. The summed E-state index contributed by atoms with van der Waals surface area (Å²) in [6.45, 7) is 8.11. The van der Waals surface area contributed by atoms with E-state index in [1.807, 2.05) is 0 Å².